The van der Waals surface area contributed by atoms with E-state index in [9.17, 15) is 4.79 Å². The zero-order chi connectivity index (χ0) is 23.2. The Labute approximate surface area is 197 Å². The Balaban J connectivity index is 1.60. The summed E-state index contributed by atoms with van der Waals surface area (Å²) in [5.74, 6) is 1.90. The lowest BCUT2D eigenvalue weighted by molar-refractivity contribution is -0.114. The van der Waals surface area contributed by atoms with Crippen molar-refractivity contribution in [2.75, 3.05) is 38.9 Å². The molecule has 1 amide bonds. The summed E-state index contributed by atoms with van der Waals surface area (Å²) in [5, 5.41) is 0.649. The number of benzene rings is 2. The van der Waals surface area contributed by atoms with Crippen LogP contribution in [0.4, 0.5) is 5.13 Å². The average molecular weight is 469 g/mol. The first kappa shape index (κ1) is 23.1. The highest BCUT2D eigenvalue weighted by molar-refractivity contribution is 7.22. The molecule has 4 rings (SSSR count). The standard InChI is InChI=1S/C25H28N2O5S/c1-4-31-18-9-10-20-23(15-18)33-25(26-20)27(16-19-6-5-13-32-19)24(28)12-8-17-7-11-21(29-2)22(14-17)30-3/h7-12,14-15,19H,4-6,13,16H2,1-3H3/b12-8+. The monoisotopic (exact) mass is 468 g/mol. The minimum atomic E-state index is -0.149. The number of carbonyl (C=O) groups is 1. The van der Waals surface area contributed by atoms with E-state index in [4.69, 9.17) is 23.9 Å². The number of aromatic nitrogens is 1. The molecule has 0 aliphatic carbocycles. The predicted molar refractivity (Wildman–Crippen MR) is 131 cm³/mol. The summed E-state index contributed by atoms with van der Waals surface area (Å²) in [6.45, 7) is 3.75. The number of methoxy groups -OCH3 is 2. The molecule has 0 bridgehead atoms. The first-order valence-corrected chi connectivity index (χ1v) is 11.8. The molecule has 0 spiro atoms. The van der Waals surface area contributed by atoms with E-state index < -0.39 is 0 Å². The highest BCUT2D eigenvalue weighted by Crippen LogP contribution is 2.33. The number of hydrogen-bond acceptors (Lipinski definition) is 7. The van der Waals surface area contributed by atoms with Gasteiger partial charge in [0.1, 0.15) is 5.75 Å². The van der Waals surface area contributed by atoms with Crippen molar-refractivity contribution in [2.24, 2.45) is 0 Å². The predicted octanol–water partition coefficient (Wildman–Crippen LogP) is 4.94. The maximum atomic E-state index is 13.3. The van der Waals surface area contributed by atoms with Crippen LogP contribution in [-0.4, -0.2) is 51.0 Å². The van der Waals surface area contributed by atoms with E-state index in [2.05, 4.69) is 0 Å². The second-order valence-electron chi connectivity index (χ2n) is 7.59. The molecule has 1 unspecified atom stereocenters. The van der Waals surface area contributed by atoms with Crippen molar-refractivity contribution < 1.29 is 23.7 Å². The molecule has 1 atom stereocenters. The van der Waals surface area contributed by atoms with E-state index in [-0.39, 0.29) is 12.0 Å². The molecule has 0 saturated carbocycles. The van der Waals surface area contributed by atoms with E-state index in [0.29, 0.717) is 29.8 Å². The van der Waals surface area contributed by atoms with Crippen molar-refractivity contribution in [1.82, 2.24) is 4.98 Å². The normalized spacial score (nSPS) is 15.8. The van der Waals surface area contributed by atoms with E-state index in [1.807, 2.05) is 43.3 Å². The number of thiazole rings is 1. The Hall–Kier alpha value is -3.10. The van der Waals surface area contributed by atoms with Crippen LogP contribution in [0.1, 0.15) is 25.3 Å². The molecule has 1 aliphatic rings. The fraction of sp³-hybridized carbons (Fsp3) is 0.360. The van der Waals surface area contributed by atoms with Crippen molar-refractivity contribution in [3.05, 3.63) is 48.0 Å². The zero-order valence-electron chi connectivity index (χ0n) is 19.1. The lowest BCUT2D eigenvalue weighted by Gasteiger charge is -2.21. The summed E-state index contributed by atoms with van der Waals surface area (Å²) in [4.78, 5) is 19.7. The number of hydrogen-bond donors (Lipinski definition) is 0. The van der Waals surface area contributed by atoms with Crippen LogP contribution in [0.15, 0.2) is 42.5 Å². The first-order chi connectivity index (χ1) is 16.1. The van der Waals surface area contributed by atoms with E-state index in [1.54, 1.807) is 31.3 Å². The van der Waals surface area contributed by atoms with Crippen molar-refractivity contribution in [3.8, 4) is 17.2 Å². The van der Waals surface area contributed by atoms with Crippen LogP contribution < -0.4 is 19.1 Å². The lowest BCUT2D eigenvalue weighted by Crippen LogP contribution is -2.36. The van der Waals surface area contributed by atoms with Crippen LogP contribution in [0.3, 0.4) is 0 Å². The molecular formula is C25H28N2O5S. The van der Waals surface area contributed by atoms with Crippen molar-refractivity contribution in [2.45, 2.75) is 25.9 Å². The number of amides is 1. The molecule has 1 saturated heterocycles. The van der Waals surface area contributed by atoms with Crippen molar-refractivity contribution >= 4 is 38.7 Å². The first-order valence-electron chi connectivity index (χ1n) is 11.0. The molecule has 174 valence electrons. The molecule has 1 fully saturated rings. The second-order valence-corrected chi connectivity index (χ2v) is 8.60. The van der Waals surface area contributed by atoms with Crippen LogP contribution in [-0.2, 0) is 9.53 Å². The maximum Gasteiger partial charge on any atom is 0.252 e. The van der Waals surface area contributed by atoms with Gasteiger partial charge in [-0.2, -0.15) is 0 Å². The van der Waals surface area contributed by atoms with Gasteiger partial charge >= 0.3 is 0 Å². The maximum absolute atomic E-state index is 13.3. The topological polar surface area (TPSA) is 70.1 Å². The summed E-state index contributed by atoms with van der Waals surface area (Å²) in [5.41, 5.74) is 1.68. The quantitative estimate of drug-likeness (QED) is 0.415. The molecule has 3 aromatic rings. The third-order valence-corrected chi connectivity index (χ3v) is 6.43. The van der Waals surface area contributed by atoms with Gasteiger partial charge in [0.15, 0.2) is 16.6 Å². The Kier molecular flexibility index (Phi) is 7.47. The summed E-state index contributed by atoms with van der Waals surface area (Å²) in [6, 6.07) is 11.3. The highest BCUT2D eigenvalue weighted by Gasteiger charge is 2.25. The molecule has 1 aliphatic heterocycles. The minimum Gasteiger partial charge on any atom is -0.494 e. The summed E-state index contributed by atoms with van der Waals surface area (Å²) < 4.78 is 23.0. The van der Waals surface area contributed by atoms with E-state index >= 15 is 0 Å². The molecule has 7 nitrogen and oxygen atoms in total. The number of carbonyl (C=O) groups excluding carboxylic acids is 1. The van der Waals surface area contributed by atoms with Gasteiger partial charge in [-0.3, -0.25) is 9.69 Å². The number of nitrogens with zero attached hydrogens (tertiary/aromatic N) is 2. The van der Waals surface area contributed by atoms with Crippen LogP contribution in [0.5, 0.6) is 17.2 Å². The Bertz CT molecular complexity index is 1140. The minimum absolute atomic E-state index is 0.00873. The Morgan fingerprint density at radius 1 is 1.21 bits per heavy atom. The summed E-state index contributed by atoms with van der Waals surface area (Å²) in [6.07, 6.45) is 5.28. The van der Waals surface area contributed by atoms with E-state index in [0.717, 1.165) is 41.0 Å². The third kappa shape index (κ3) is 5.46. The van der Waals surface area contributed by atoms with Gasteiger partial charge in [0.25, 0.3) is 5.91 Å². The fourth-order valence-corrected chi connectivity index (χ4v) is 4.74. The molecule has 1 aromatic heterocycles. The fourth-order valence-electron chi connectivity index (χ4n) is 3.73. The Morgan fingerprint density at radius 2 is 2.06 bits per heavy atom. The van der Waals surface area contributed by atoms with Crippen LogP contribution >= 0.6 is 11.3 Å². The van der Waals surface area contributed by atoms with Crippen LogP contribution in [0.2, 0.25) is 0 Å². The highest BCUT2D eigenvalue weighted by atomic mass is 32.1. The third-order valence-electron chi connectivity index (χ3n) is 5.39. The number of rotatable bonds is 9. The van der Waals surface area contributed by atoms with Gasteiger partial charge < -0.3 is 18.9 Å². The molecule has 33 heavy (non-hydrogen) atoms. The summed E-state index contributed by atoms with van der Waals surface area (Å²) >= 11 is 1.48. The average Bonchev–Trinajstić information content (AvgIpc) is 3.50. The summed E-state index contributed by atoms with van der Waals surface area (Å²) in [7, 11) is 3.18. The molecular weight excluding hydrogens is 440 g/mol. The molecule has 0 radical (unpaired) electrons. The Morgan fingerprint density at radius 3 is 2.79 bits per heavy atom. The van der Waals surface area contributed by atoms with Crippen LogP contribution in [0.25, 0.3) is 16.3 Å². The molecule has 0 N–H and O–H groups in total. The van der Waals surface area contributed by atoms with Gasteiger partial charge in [0.2, 0.25) is 0 Å². The number of anilines is 1. The van der Waals surface area contributed by atoms with Crippen molar-refractivity contribution in [3.63, 3.8) is 0 Å². The van der Waals surface area contributed by atoms with Gasteiger partial charge in [-0.15, -0.1) is 0 Å². The second kappa shape index (κ2) is 10.7. The molecule has 2 aromatic carbocycles. The number of ether oxygens (including phenoxy) is 4. The van der Waals surface area contributed by atoms with Gasteiger partial charge in [0.05, 0.1) is 43.7 Å². The lowest BCUT2D eigenvalue weighted by atomic mass is 10.2. The molecule has 8 heteroatoms. The van der Waals surface area contributed by atoms with Gasteiger partial charge in [-0.25, -0.2) is 4.98 Å². The number of fused-ring (bicyclic) bond motifs is 1. The van der Waals surface area contributed by atoms with Gasteiger partial charge in [-0.1, -0.05) is 17.4 Å². The largest absolute Gasteiger partial charge is 0.494 e. The van der Waals surface area contributed by atoms with Crippen LogP contribution in [0, 0.1) is 0 Å². The SMILES string of the molecule is CCOc1ccc2nc(N(CC3CCCO3)C(=O)/C=C/c3ccc(OC)c(OC)c3)sc2c1. The zero-order valence-corrected chi connectivity index (χ0v) is 19.9. The van der Waals surface area contributed by atoms with Crippen molar-refractivity contribution in [1.29, 1.82) is 0 Å². The van der Waals surface area contributed by atoms with Gasteiger partial charge in [0, 0.05) is 12.7 Å². The van der Waals surface area contributed by atoms with E-state index in [1.165, 1.54) is 11.3 Å². The molecule has 2 heterocycles. The van der Waals surface area contributed by atoms with Gasteiger partial charge in [-0.05, 0) is 61.7 Å². The smallest absolute Gasteiger partial charge is 0.252 e.